The SMILES string of the molecule is CC1CCCCC1NC(=O)NC(=O)CSc1ncnc2c1cnn2C. The van der Waals surface area contributed by atoms with E-state index < -0.39 is 6.03 Å². The summed E-state index contributed by atoms with van der Waals surface area (Å²) in [6.07, 6.45) is 7.53. The lowest BCUT2D eigenvalue weighted by Crippen LogP contribution is -2.48. The fourth-order valence-electron chi connectivity index (χ4n) is 3.09. The number of rotatable bonds is 4. The highest BCUT2D eigenvalue weighted by Crippen LogP contribution is 2.24. The Labute approximate surface area is 150 Å². The molecule has 1 aliphatic rings. The minimum absolute atomic E-state index is 0.106. The molecule has 0 spiro atoms. The molecule has 1 aliphatic carbocycles. The lowest BCUT2D eigenvalue weighted by molar-refractivity contribution is -0.117. The Kier molecular flexibility index (Phi) is 5.52. The predicted octanol–water partition coefficient (Wildman–Crippen LogP) is 1.86. The Morgan fingerprint density at radius 1 is 1.32 bits per heavy atom. The molecule has 2 aromatic heterocycles. The van der Waals surface area contributed by atoms with Crippen molar-refractivity contribution in [3.05, 3.63) is 12.5 Å². The Morgan fingerprint density at radius 2 is 2.12 bits per heavy atom. The van der Waals surface area contributed by atoms with Crippen molar-refractivity contribution in [2.75, 3.05) is 5.75 Å². The predicted molar refractivity (Wildman–Crippen MR) is 95.1 cm³/mol. The smallest absolute Gasteiger partial charge is 0.321 e. The van der Waals surface area contributed by atoms with Crippen molar-refractivity contribution in [2.45, 2.75) is 43.7 Å². The van der Waals surface area contributed by atoms with E-state index in [9.17, 15) is 9.59 Å². The molecular formula is C16H22N6O2S. The highest BCUT2D eigenvalue weighted by Gasteiger charge is 2.23. The molecular weight excluding hydrogens is 340 g/mol. The summed E-state index contributed by atoms with van der Waals surface area (Å²) in [4.78, 5) is 32.4. The molecule has 8 nitrogen and oxygen atoms in total. The van der Waals surface area contributed by atoms with Crippen molar-refractivity contribution in [2.24, 2.45) is 13.0 Å². The van der Waals surface area contributed by atoms with Gasteiger partial charge in [-0.15, -0.1) is 0 Å². The van der Waals surface area contributed by atoms with Crippen LogP contribution in [0.25, 0.3) is 11.0 Å². The number of carbonyl (C=O) groups is 2. The average Bonchev–Trinajstić information content (AvgIpc) is 2.97. The van der Waals surface area contributed by atoms with Crippen LogP contribution in [0.3, 0.4) is 0 Å². The number of urea groups is 1. The summed E-state index contributed by atoms with van der Waals surface area (Å²) in [5, 5.41) is 10.9. The number of aromatic nitrogens is 4. The van der Waals surface area contributed by atoms with Crippen molar-refractivity contribution < 1.29 is 9.59 Å². The van der Waals surface area contributed by atoms with E-state index in [1.807, 2.05) is 0 Å². The van der Waals surface area contributed by atoms with Crippen molar-refractivity contribution in [1.82, 2.24) is 30.4 Å². The molecule has 0 bridgehead atoms. The summed E-state index contributed by atoms with van der Waals surface area (Å²) in [5.41, 5.74) is 0.710. The quantitative estimate of drug-likeness (QED) is 0.636. The average molecular weight is 362 g/mol. The van der Waals surface area contributed by atoms with E-state index >= 15 is 0 Å². The second kappa shape index (κ2) is 7.81. The maximum absolute atomic E-state index is 12.0. The van der Waals surface area contributed by atoms with Gasteiger partial charge in [-0.3, -0.25) is 14.8 Å². The molecule has 0 radical (unpaired) electrons. The summed E-state index contributed by atoms with van der Waals surface area (Å²) < 4.78 is 1.65. The fraction of sp³-hybridized carbons (Fsp3) is 0.562. The standard InChI is InChI=1S/C16H22N6O2S/c1-10-5-3-4-6-12(10)20-16(24)21-13(23)8-25-15-11-7-19-22(2)14(11)17-9-18-15/h7,9-10,12H,3-6,8H2,1-2H3,(H2,20,21,23,24). The molecule has 3 rings (SSSR count). The van der Waals surface area contributed by atoms with Gasteiger partial charge < -0.3 is 5.32 Å². The van der Waals surface area contributed by atoms with Gasteiger partial charge in [-0.25, -0.2) is 14.8 Å². The van der Waals surface area contributed by atoms with Gasteiger partial charge in [-0.05, 0) is 18.8 Å². The normalized spacial score (nSPS) is 20.4. The first-order chi connectivity index (χ1) is 12.0. The summed E-state index contributed by atoms with van der Waals surface area (Å²) >= 11 is 1.26. The van der Waals surface area contributed by atoms with Gasteiger partial charge in [0, 0.05) is 13.1 Å². The van der Waals surface area contributed by atoms with Crippen LogP contribution in [0.4, 0.5) is 4.79 Å². The molecule has 1 fully saturated rings. The van der Waals surface area contributed by atoms with Gasteiger partial charge in [0.1, 0.15) is 11.4 Å². The first-order valence-electron chi connectivity index (χ1n) is 8.40. The summed E-state index contributed by atoms with van der Waals surface area (Å²) in [7, 11) is 1.80. The highest BCUT2D eigenvalue weighted by molar-refractivity contribution is 8.00. The van der Waals surface area contributed by atoms with Crippen molar-refractivity contribution in [3.8, 4) is 0 Å². The Bertz CT molecular complexity index is 777. The number of hydrogen-bond donors (Lipinski definition) is 2. The van der Waals surface area contributed by atoms with Crippen molar-refractivity contribution >= 4 is 34.7 Å². The van der Waals surface area contributed by atoms with Gasteiger partial charge in [0.25, 0.3) is 0 Å². The first kappa shape index (κ1) is 17.7. The van der Waals surface area contributed by atoms with Gasteiger partial charge >= 0.3 is 6.03 Å². The molecule has 2 heterocycles. The zero-order chi connectivity index (χ0) is 17.8. The van der Waals surface area contributed by atoms with Gasteiger partial charge in [-0.1, -0.05) is 31.5 Å². The number of thioether (sulfide) groups is 1. The van der Waals surface area contributed by atoms with Crippen LogP contribution >= 0.6 is 11.8 Å². The molecule has 2 aromatic rings. The van der Waals surface area contributed by atoms with E-state index in [0.29, 0.717) is 16.6 Å². The van der Waals surface area contributed by atoms with Gasteiger partial charge in [0.05, 0.1) is 17.3 Å². The van der Waals surface area contributed by atoms with Gasteiger partial charge in [-0.2, -0.15) is 5.10 Å². The molecule has 9 heteroatoms. The minimum atomic E-state index is -0.418. The Morgan fingerprint density at radius 3 is 2.92 bits per heavy atom. The van der Waals surface area contributed by atoms with Crippen LogP contribution in [-0.2, 0) is 11.8 Å². The third kappa shape index (κ3) is 4.28. The second-order valence-electron chi connectivity index (χ2n) is 6.36. The number of amides is 3. The lowest BCUT2D eigenvalue weighted by atomic mass is 9.86. The maximum atomic E-state index is 12.0. The van der Waals surface area contributed by atoms with E-state index in [-0.39, 0.29) is 17.7 Å². The van der Waals surface area contributed by atoms with Crippen molar-refractivity contribution in [3.63, 3.8) is 0 Å². The van der Waals surface area contributed by atoms with Crippen molar-refractivity contribution in [1.29, 1.82) is 0 Å². The number of imide groups is 1. The molecule has 0 aliphatic heterocycles. The molecule has 2 atom stereocenters. The second-order valence-corrected chi connectivity index (χ2v) is 7.33. The van der Waals surface area contributed by atoms with Crippen LogP contribution in [0.1, 0.15) is 32.6 Å². The van der Waals surface area contributed by atoms with Gasteiger partial charge in [0.15, 0.2) is 5.65 Å². The topological polar surface area (TPSA) is 102 Å². The van der Waals surface area contributed by atoms with E-state index in [4.69, 9.17) is 0 Å². The molecule has 2 N–H and O–H groups in total. The third-order valence-corrected chi connectivity index (χ3v) is 5.52. The Balaban J connectivity index is 1.51. The third-order valence-electron chi connectivity index (χ3n) is 4.51. The zero-order valence-corrected chi connectivity index (χ0v) is 15.2. The van der Waals surface area contributed by atoms with Crippen LogP contribution < -0.4 is 10.6 Å². The zero-order valence-electron chi connectivity index (χ0n) is 14.4. The van der Waals surface area contributed by atoms with Crippen LogP contribution in [0.5, 0.6) is 0 Å². The van der Waals surface area contributed by atoms with E-state index in [2.05, 4.69) is 32.6 Å². The first-order valence-corrected chi connectivity index (χ1v) is 9.39. The molecule has 134 valence electrons. The largest absolute Gasteiger partial charge is 0.335 e. The van der Waals surface area contributed by atoms with Gasteiger partial charge in [0.2, 0.25) is 5.91 Å². The van der Waals surface area contributed by atoms with Crippen LogP contribution in [0.15, 0.2) is 17.6 Å². The summed E-state index contributed by atoms with van der Waals surface area (Å²) in [6.45, 7) is 2.13. The van der Waals surface area contributed by atoms with E-state index in [0.717, 1.165) is 24.6 Å². The molecule has 3 amide bonds. The number of nitrogens with one attached hydrogen (secondary N) is 2. The van der Waals surface area contributed by atoms with Crippen LogP contribution in [0.2, 0.25) is 0 Å². The summed E-state index contributed by atoms with van der Waals surface area (Å²) in [6, 6.07) is -0.273. The number of hydrogen-bond acceptors (Lipinski definition) is 6. The highest BCUT2D eigenvalue weighted by atomic mass is 32.2. The fourth-order valence-corrected chi connectivity index (χ4v) is 3.85. The molecule has 0 aromatic carbocycles. The van der Waals surface area contributed by atoms with E-state index in [1.165, 1.54) is 24.5 Å². The maximum Gasteiger partial charge on any atom is 0.321 e. The van der Waals surface area contributed by atoms with Crippen LogP contribution in [-0.4, -0.2) is 43.5 Å². The minimum Gasteiger partial charge on any atom is -0.335 e. The molecule has 1 saturated carbocycles. The molecule has 2 unspecified atom stereocenters. The van der Waals surface area contributed by atoms with Crippen LogP contribution in [0, 0.1) is 5.92 Å². The number of nitrogens with zero attached hydrogens (tertiary/aromatic N) is 4. The van der Waals surface area contributed by atoms with E-state index in [1.54, 1.807) is 17.9 Å². The monoisotopic (exact) mass is 362 g/mol. The lowest BCUT2D eigenvalue weighted by Gasteiger charge is -2.29. The number of carbonyl (C=O) groups excluding carboxylic acids is 2. The molecule has 0 saturated heterocycles. The summed E-state index contributed by atoms with van der Waals surface area (Å²) in [5.74, 6) is 0.208. The molecule has 25 heavy (non-hydrogen) atoms. The Hall–Kier alpha value is -2.16. The number of aryl methyl sites for hydroxylation is 1. The number of fused-ring (bicyclic) bond motifs is 1.